The molecule has 0 aliphatic heterocycles. The number of hydrogen-bond donors (Lipinski definition) is 1. The van der Waals surface area contributed by atoms with Crippen molar-refractivity contribution in [1.82, 2.24) is 0 Å². The summed E-state index contributed by atoms with van der Waals surface area (Å²) in [6.45, 7) is 1.71. The number of rotatable bonds is 2. The van der Waals surface area contributed by atoms with Crippen LogP contribution in [0.25, 0.3) is 0 Å². The predicted octanol–water partition coefficient (Wildman–Crippen LogP) is 2.40. The normalized spacial score (nSPS) is 14.5. The number of furan rings is 1. The van der Waals surface area contributed by atoms with E-state index in [9.17, 15) is 13.2 Å². The SMILES string of the molecule is CCc1occc1[C@@H](N)C(F)(F)F. The maximum absolute atomic E-state index is 12.2. The molecule has 13 heavy (non-hydrogen) atoms. The van der Waals surface area contributed by atoms with Crippen LogP contribution in [0.1, 0.15) is 24.3 Å². The van der Waals surface area contributed by atoms with Gasteiger partial charge in [-0.05, 0) is 6.07 Å². The molecule has 1 rings (SSSR count). The van der Waals surface area contributed by atoms with Crippen LogP contribution in [-0.4, -0.2) is 6.18 Å². The van der Waals surface area contributed by atoms with E-state index in [4.69, 9.17) is 10.2 Å². The zero-order valence-electron chi connectivity index (χ0n) is 7.06. The van der Waals surface area contributed by atoms with E-state index < -0.39 is 12.2 Å². The van der Waals surface area contributed by atoms with Crippen molar-refractivity contribution >= 4 is 0 Å². The maximum atomic E-state index is 12.2. The highest BCUT2D eigenvalue weighted by atomic mass is 19.4. The summed E-state index contributed by atoms with van der Waals surface area (Å²) in [5, 5.41) is 0. The van der Waals surface area contributed by atoms with Crippen LogP contribution in [0.5, 0.6) is 0 Å². The first kappa shape index (κ1) is 10.1. The Bertz CT molecular complexity index is 279. The van der Waals surface area contributed by atoms with Gasteiger partial charge in [-0.1, -0.05) is 6.92 Å². The van der Waals surface area contributed by atoms with Gasteiger partial charge < -0.3 is 10.2 Å². The lowest BCUT2D eigenvalue weighted by molar-refractivity contribution is -0.149. The molecule has 0 bridgehead atoms. The van der Waals surface area contributed by atoms with Gasteiger partial charge in [0, 0.05) is 12.0 Å². The Morgan fingerprint density at radius 2 is 2.15 bits per heavy atom. The first-order valence-corrected chi connectivity index (χ1v) is 3.85. The van der Waals surface area contributed by atoms with E-state index in [0.29, 0.717) is 12.2 Å². The Hall–Kier alpha value is -0.970. The second-order valence-corrected chi connectivity index (χ2v) is 2.67. The predicted molar refractivity (Wildman–Crippen MR) is 41.1 cm³/mol. The minimum absolute atomic E-state index is 0.0231. The summed E-state index contributed by atoms with van der Waals surface area (Å²) in [6, 6.07) is -0.682. The van der Waals surface area contributed by atoms with Gasteiger partial charge >= 0.3 is 6.18 Å². The van der Waals surface area contributed by atoms with E-state index in [1.807, 2.05) is 0 Å². The lowest BCUT2D eigenvalue weighted by Gasteiger charge is -2.14. The zero-order valence-corrected chi connectivity index (χ0v) is 7.06. The highest BCUT2D eigenvalue weighted by Crippen LogP contribution is 2.32. The third-order valence-electron chi connectivity index (χ3n) is 1.79. The molecule has 0 saturated heterocycles. The van der Waals surface area contributed by atoms with Crippen molar-refractivity contribution in [2.75, 3.05) is 0 Å². The van der Waals surface area contributed by atoms with Crippen molar-refractivity contribution < 1.29 is 17.6 Å². The molecular formula is C8H10F3NO. The van der Waals surface area contributed by atoms with Crippen molar-refractivity contribution in [3.63, 3.8) is 0 Å². The fourth-order valence-electron chi connectivity index (χ4n) is 1.09. The molecule has 0 amide bonds. The van der Waals surface area contributed by atoms with Gasteiger partial charge in [-0.15, -0.1) is 0 Å². The van der Waals surface area contributed by atoms with Gasteiger partial charge in [0.15, 0.2) is 0 Å². The Balaban J connectivity index is 2.94. The summed E-state index contributed by atoms with van der Waals surface area (Å²) >= 11 is 0. The van der Waals surface area contributed by atoms with E-state index in [0.717, 1.165) is 0 Å². The van der Waals surface area contributed by atoms with Crippen molar-refractivity contribution in [3.05, 3.63) is 23.7 Å². The topological polar surface area (TPSA) is 39.2 Å². The molecule has 5 heteroatoms. The summed E-state index contributed by atoms with van der Waals surface area (Å²) in [7, 11) is 0. The Labute approximate surface area is 73.5 Å². The first-order chi connectivity index (χ1) is 5.96. The molecule has 0 unspecified atom stereocenters. The van der Waals surface area contributed by atoms with Crippen LogP contribution in [0.15, 0.2) is 16.7 Å². The molecular weight excluding hydrogens is 183 g/mol. The molecule has 1 heterocycles. The number of halogens is 3. The van der Waals surface area contributed by atoms with Crippen molar-refractivity contribution in [2.24, 2.45) is 5.73 Å². The average Bonchev–Trinajstić information content (AvgIpc) is 2.48. The lowest BCUT2D eigenvalue weighted by Crippen LogP contribution is -2.28. The molecule has 0 aliphatic carbocycles. The summed E-state index contributed by atoms with van der Waals surface area (Å²) < 4.78 is 41.3. The van der Waals surface area contributed by atoms with Gasteiger partial charge in [-0.25, -0.2) is 0 Å². The quantitative estimate of drug-likeness (QED) is 0.783. The van der Waals surface area contributed by atoms with Crippen LogP contribution in [0, 0.1) is 0 Å². The molecule has 74 valence electrons. The molecule has 1 aromatic heterocycles. The van der Waals surface area contributed by atoms with E-state index in [1.54, 1.807) is 6.92 Å². The van der Waals surface area contributed by atoms with E-state index in [1.165, 1.54) is 12.3 Å². The molecule has 2 nitrogen and oxygen atoms in total. The molecule has 0 saturated carbocycles. The van der Waals surface area contributed by atoms with Gasteiger partial charge in [0.2, 0.25) is 0 Å². The minimum Gasteiger partial charge on any atom is -0.469 e. The largest absolute Gasteiger partial charge is 0.469 e. The molecule has 0 spiro atoms. The average molecular weight is 193 g/mol. The molecule has 1 aromatic rings. The Morgan fingerprint density at radius 1 is 1.54 bits per heavy atom. The highest BCUT2D eigenvalue weighted by molar-refractivity contribution is 5.22. The molecule has 2 N–H and O–H groups in total. The molecule has 0 fully saturated rings. The fraction of sp³-hybridized carbons (Fsp3) is 0.500. The second-order valence-electron chi connectivity index (χ2n) is 2.67. The third kappa shape index (κ3) is 2.03. The molecule has 1 atom stereocenters. The third-order valence-corrected chi connectivity index (χ3v) is 1.79. The summed E-state index contributed by atoms with van der Waals surface area (Å²) in [4.78, 5) is 0. The summed E-state index contributed by atoms with van der Waals surface area (Å²) in [5.41, 5.74) is 5.03. The van der Waals surface area contributed by atoms with Crippen LogP contribution in [-0.2, 0) is 6.42 Å². The Kier molecular flexibility index (Phi) is 2.66. The van der Waals surface area contributed by atoms with E-state index in [2.05, 4.69) is 0 Å². The number of hydrogen-bond acceptors (Lipinski definition) is 2. The van der Waals surface area contributed by atoms with Gasteiger partial charge in [-0.2, -0.15) is 13.2 Å². The number of nitrogens with two attached hydrogens (primary N) is 1. The highest BCUT2D eigenvalue weighted by Gasteiger charge is 2.39. The smallest absolute Gasteiger partial charge is 0.407 e. The fourth-order valence-corrected chi connectivity index (χ4v) is 1.09. The van der Waals surface area contributed by atoms with Crippen LogP contribution in [0.4, 0.5) is 13.2 Å². The van der Waals surface area contributed by atoms with Crippen molar-refractivity contribution in [2.45, 2.75) is 25.6 Å². The van der Waals surface area contributed by atoms with Crippen molar-refractivity contribution in [1.29, 1.82) is 0 Å². The van der Waals surface area contributed by atoms with Crippen LogP contribution in [0.3, 0.4) is 0 Å². The molecule has 0 radical (unpaired) electrons. The lowest BCUT2D eigenvalue weighted by atomic mass is 10.1. The minimum atomic E-state index is -4.41. The maximum Gasteiger partial charge on any atom is 0.407 e. The number of aryl methyl sites for hydroxylation is 1. The summed E-state index contributed by atoms with van der Waals surface area (Å²) in [5.74, 6) is 0.296. The monoisotopic (exact) mass is 193 g/mol. The van der Waals surface area contributed by atoms with Gasteiger partial charge in [0.05, 0.1) is 6.26 Å². The van der Waals surface area contributed by atoms with E-state index in [-0.39, 0.29) is 5.56 Å². The molecule has 0 aromatic carbocycles. The second kappa shape index (κ2) is 3.41. The van der Waals surface area contributed by atoms with Gasteiger partial charge in [0.25, 0.3) is 0 Å². The van der Waals surface area contributed by atoms with Crippen LogP contribution in [0.2, 0.25) is 0 Å². The van der Waals surface area contributed by atoms with Crippen LogP contribution >= 0.6 is 0 Å². The first-order valence-electron chi connectivity index (χ1n) is 3.85. The van der Waals surface area contributed by atoms with Crippen molar-refractivity contribution in [3.8, 4) is 0 Å². The van der Waals surface area contributed by atoms with Crippen LogP contribution < -0.4 is 5.73 Å². The zero-order chi connectivity index (χ0) is 10.1. The van der Waals surface area contributed by atoms with Gasteiger partial charge in [-0.3, -0.25) is 0 Å². The Morgan fingerprint density at radius 3 is 2.62 bits per heavy atom. The number of alkyl halides is 3. The standard InChI is InChI=1S/C8H10F3NO/c1-2-6-5(3-4-13-6)7(12)8(9,10)11/h3-4,7H,2,12H2,1H3/t7-/m1/s1. The summed E-state index contributed by atoms with van der Waals surface area (Å²) in [6.07, 6.45) is -2.78. The van der Waals surface area contributed by atoms with Gasteiger partial charge in [0.1, 0.15) is 11.8 Å². The molecule has 0 aliphatic rings. The van der Waals surface area contributed by atoms with E-state index >= 15 is 0 Å².